The summed E-state index contributed by atoms with van der Waals surface area (Å²) in [6.07, 6.45) is 3.80. The van der Waals surface area contributed by atoms with Gasteiger partial charge in [-0.1, -0.05) is 11.6 Å². The molecule has 1 N–H and O–H groups in total. The minimum absolute atomic E-state index is 0.0459. The molecule has 2 heterocycles. The van der Waals surface area contributed by atoms with Crippen molar-refractivity contribution < 1.29 is 4.79 Å². The first kappa shape index (κ1) is 14.6. The molecule has 1 fully saturated rings. The molecule has 1 aliphatic heterocycles. The van der Waals surface area contributed by atoms with Crippen molar-refractivity contribution in [3.05, 3.63) is 21.8 Å². The zero-order chi connectivity index (χ0) is 13.8. The maximum Gasteiger partial charge on any atom is 0.216 e. The number of amides is 1. The van der Waals surface area contributed by atoms with Crippen molar-refractivity contribution in [1.82, 2.24) is 10.3 Å². The highest BCUT2D eigenvalue weighted by molar-refractivity contribution is 9.10. The first-order valence-electron chi connectivity index (χ1n) is 6.36. The highest BCUT2D eigenvalue weighted by Gasteiger charge is 2.21. The lowest BCUT2D eigenvalue weighted by Crippen LogP contribution is -2.38. The molecule has 19 heavy (non-hydrogen) atoms. The Balaban J connectivity index is 1.90. The van der Waals surface area contributed by atoms with Crippen LogP contribution in [-0.4, -0.2) is 30.5 Å². The second-order valence-corrected chi connectivity index (χ2v) is 6.12. The zero-order valence-electron chi connectivity index (χ0n) is 10.8. The largest absolute Gasteiger partial charge is 0.356 e. The molecule has 0 atom stereocenters. The molecule has 1 aromatic rings. The fourth-order valence-corrected chi connectivity index (χ4v) is 3.17. The van der Waals surface area contributed by atoms with Crippen molar-refractivity contribution in [1.29, 1.82) is 0 Å². The molecule has 0 bridgehead atoms. The molecule has 0 aliphatic carbocycles. The molecule has 1 aliphatic rings. The van der Waals surface area contributed by atoms with Gasteiger partial charge in [-0.2, -0.15) is 0 Å². The Labute approximate surface area is 126 Å². The standard InChI is InChI=1S/C13H17BrClN3O/c1-9(19)16-7-10-2-4-18(5-3-10)13-12(14)6-11(15)8-17-13/h6,8,10H,2-5,7H2,1H3,(H,16,19). The van der Waals surface area contributed by atoms with Gasteiger partial charge >= 0.3 is 0 Å². The molecular formula is C13H17BrClN3O. The summed E-state index contributed by atoms with van der Waals surface area (Å²) in [7, 11) is 0. The lowest BCUT2D eigenvalue weighted by molar-refractivity contribution is -0.119. The van der Waals surface area contributed by atoms with Gasteiger partial charge < -0.3 is 10.2 Å². The Bertz CT molecular complexity index is 461. The minimum atomic E-state index is 0.0459. The number of pyridine rings is 1. The summed E-state index contributed by atoms with van der Waals surface area (Å²) in [6, 6.07) is 1.87. The highest BCUT2D eigenvalue weighted by Crippen LogP contribution is 2.29. The van der Waals surface area contributed by atoms with Crippen molar-refractivity contribution in [3.63, 3.8) is 0 Å². The lowest BCUT2D eigenvalue weighted by Gasteiger charge is -2.33. The molecule has 1 saturated heterocycles. The molecular weight excluding hydrogens is 330 g/mol. The summed E-state index contributed by atoms with van der Waals surface area (Å²) in [5.41, 5.74) is 0. The van der Waals surface area contributed by atoms with Gasteiger partial charge in [-0.15, -0.1) is 0 Å². The summed E-state index contributed by atoms with van der Waals surface area (Å²) < 4.78 is 0.931. The average molecular weight is 347 g/mol. The van der Waals surface area contributed by atoms with E-state index in [2.05, 4.69) is 31.1 Å². The van der Waals surface area contributed by atoms with Gasteiger partial charge in [0.05, 0.1) is 9.50 Å². The van der Waals surface area contributed by atoms with Crippen LogP contribution in [0.25, 0.3) is 0 Å². The first-order chi connectivity index (χ1) is 9.06. The van der Waals surface area contributed by atoms with E-state index in [0.717, 1.165) is 42.8 Å². The molecule has 0 aromatic carbocycles. The maximum absolute atomic E-state index is 10.9. The molecule has 4 nitrogen and oxygen atoms in total. The van der Waals surface area contributed by atoms with Crippen LogP contribution in [0.3, 0.4) is 0 Å². The SMILES string of the molecule is CC(=O)NCC1CCN(c2ncc(Cl)cc2Br)CC1. The number of nitrogens with one attached hydrogen (secondary N) is 1. The van der Waals surface area contributed by atoms with Crippen LogP contribution in [0.15, 0.2) is 16.7 Å². The van der Waals surface area contributed by atoms with Crippen molar-refractivity contribution in [2.45, 2.75) is 19.8 Å². The minimum Gasteiger partial charge on any atom is -0.356 e. The molecule has 0 spiro atoms. The van der Waals surface area contributed by atoms with Gasteiger partial charge in [0.2, 0.25) is 5.91 Å². The Kier molecular flexibility index (Phi) is 5.05. The zero-order valence-corrected chi connectivity index (χ0v) is 13.2. The Hall–Kier alpha value is -0.810. The number of rotatable bonds is 3. The second kappa shape index (κ2) is 6.57. The van der Waals surface area contributed by atoms with Crippen LogP contribution in [0.2, 0.25) is 5.02 Å². The predicted molar refractivity (Wildman–Crippen MR) is 80.6 cm³/mol. The first-order valence-corrected chi connectivity index (χ1v) is 7.54. The third-order valence-electron chi connectivity index (χ3n) is 3.34. The molecule has 6 heteroatoms. The van der Waals surface area contributed by atoms with E-state index in [9.17, 15) is 4.79 Å². The second-order valence-electron chi connectivity index (χ2n) is 4.83. The molecule has 0 radical (unpaired) electrons. The van der Waals surface area contributed by atoms with Crippen LogP contribution in [-0.2, 0) is 4.79 Å². The average Bonchev–Trinajstić information content (AvgIpc) is 2.37. The van der Waals surface area contributed by atoms with Crippen LogP contribution in [0.5, 0.6) is 0 Å². The highest BCUT2D eigenvalue weighted by atomic mass is 79.9. The number of carbonyl (C=O) groups excluding carboxylic acids is 1. The maximum atomic E-state index is 10.9. The van der Waals surface area contributed by atoms with Crippen LogP contribution >= 0.6 is 27.5 Å². The van der Waals surface area contributed by atoms with E-state index in [1.807, 2.05) is 6.07 Å². The normalized spacial score (nSPS) is 16.5. The van der Waals surface area contributed by atoms with Gasteiger partial charge in [0, 0.05) is 32.8 Å². The number of halogens is 2. The summed E-state index contributed by atoms with van der Waals surface area (Å²) in [6.45, 7) is 4.25. The van der Waals surface area contributed by atoms with E-state index >= 15 is 0 Å². The fraction of sp³-hybridized carbons (Fsp3) is 0.538. The summed E-state index contributed by atoms with van der Waals surface area (Å²) in [5, 5.41) is 3.52. The summed E-state index contributed by atoms with van der Waals surface area (Å²) >= 11 is 9.40. The van der Waals surface area contributed by atoms with Crippen LogP contribution in [0.1, 0.15) is 19.8 Å². The van der Waals surface area contributed by atoms with Crippen molar-refractivity contribution >= 4 is 39.3 Å². The number of hydrogen-bond donors (Lipinski definition) is 1. The van der Waals surface area contributed by atoms with Crippen LogP contribution < -0.4 is 10.2 Å². The number of anilines is 1. The van der Waals surface area contributed by atoms with E-state index < -0.39 is 0 Å². The number of piperidine rings is 1. The quantitative estimate of drug-likeness (QED) is 0.915. The predicted octanol–water partition coefficient (Wildman–Crippen LogP) is 2.85. The molecule has 1 amide bonds. The van der Waals surface area contributed by atoms with Crippen molar-refractivity contribution in [2.24, 2.45) is 5.92 Å². The van der Waals surface area contributed by atoms with Crippen LogP contribution in [0, 0.1) is 5.92 Å². The van der Waals surface area contributed by atoms with Gasteiger partial charge in [-0.05, 0) is 40.8 Å². The number of hydrogen-bond acceptors (Lipinski definition) is 3. The van der Waals surface area contributed by atoms with Crippen molar-refractivity contribution in [3.8, 4) is 0 Å². The molecule has 1 aromatic heterocycles. The third kappa shape index (κ3) is 4.08. The van der Waals surface area contributed by atoms with E-state index in [1.165, 1.54) is 0 Å². The number of aromatic nitrogens is 1. The Morgan fingerprint density at radius 2 is 2.26 bits per heavy atom. The Morgan fingerprint density at radius 3 is 2.84 bits per heavy atom. The monoisotopic (exact) mass is 345 g/mol. The van der Waals surface area contributed by atoms with E-state index in [4.69, 9.17) is 11.6 Å². The van der Waals surface area contributed by atoms with E-state index in [1.54, 1.807) is 13.1 Å². The summed E-state index contributed by atoms with van der Waals surface area (Å²) in [5.74, 6) is 1.55. The van der Waals surface area contributed by atoms with Gasteiger partial charge in [0.1, 0.15) is 5.82 Å². The van der Waals surface area contributed by atoms with E-state index in [-0.39, 0.29) is 5.91 Å². The smallest absolute Gasteiger partial charge is 0.216 e. The van der Waals surface area contributed by atoms with Crippen molar-refractivity contribution in [2.75, 3.05) is 24.5 Å². The van der Waals surface area contributed by atoms with Gasteiger partial charge in [-0.25, -0.2) is 4.98 Å². The molecule has 2 rings (SSSR count). The topological polar surface area (TPSA) is 45.2 Å². The van der Waals surface area contributed by atoms with E-state index in [0.29, 0.717) is 10.9 Å². The molecule has 104 valence electrons. The third-order valence-corrected chi connectivity index (χ3v) is 4.13. The Morgan fingerprint density at radius 1 is 1.58 bits per heavy atom. The number of nitrogens with zero attached hydrogens (tertiary/aromatic N) is 2. The summed E-state index contributed by atoms with van der Waals surface area (Å²) in [4.78, 5) is 17.5. The van der Waals surface area contributed by atoms with Gasteiger partial charge in [0.15, 0.2) is 0 Å². The van der Waals surface area contributed by atoms with Gasteiger partial charge in [0.25, 0.3) is 0 Å². The van der Waals surface area contributed by atoms with Gasteiger partial charge in [-0.3, -0.25) is 4.79 Å². The number of carbonyl (C=O) groups is 1. The fourth-order valence-electron chi connectivity index (χ4n) is 2.28. The lowest BCUT2D eigenvalue weighted by atomic mass is 9.97. The van der Waals surface area contributed by atoms with Crippen LogP contribution in [0.4, 0.5) is 5.82 Å². The molecule has 0 saturated carbocycles. The molecule has 0 unspecified atom stereocenters.